The van der Waals surface area contributed by atoms with Crippen molar-refractivity contribution in [2.75, 3.05) is 0 Å². The molecule has 1 fully saturated rings. The fraction of sp³-hybridized carbons (Fsp3) is 0.545. The van der Waals surface area contributed by atoms with Crippen LogP contribution in [0.4, 0.5) is 4.39 Å². The van der Waals surface area contributed by atoms with E-state index in [1.165, 1.54) is 25.1 Å². The molecule has 0 saturated heterocycles. The fourth-order valence-electron chi connectivity index (χ4n) is 1.59. The summed E-state index contributed by atoms with van der Waals surface area (Å²) >= 11 is 0. The molecule has 1 unspecified atom stereocenters. The van der Waals surface area contributed by atoms with Crippen molar-refractivity contribution in [1.29, 1.82) is 0 Å². The fourth-order valence-corrected chi connectivity index (χ4v) is 1.59. The van der Waals surface area contributed by atoms with E-state index in [9.17, 15) is 4.39 Å². The van der Waals surface area contributed by atoms with E-state index in [4.69, 9.17) is 0 Å². The predicted octanol–water partition coefficient (Wildman–Crippen LogP) is 2.11. The molecule has 0 amide bonds. The molecule has 0 spiro atoms. The van der Waals surface area contributed by atoms with Crippen LogP contribution in [0, 0.1) is 11.7 Å². The van der Waals surface area contributed by atoms with Gasteiger partial charge in [0, 0.05) is 18.8 Å². The number of nitrogens with one attached hydrogen (secondary N) is 1. The maximum atomic E-state index is 12.8. The van der Waals surface area contributed by atoms with Crippen LogP contribution in [0.5, 0.6) is 0 Å². The molecular weight excluding hydrogens is 179 g/mol. The minimum atomic E-state index is -0.261. The highest BCUT2D eigenvalue weighted by Gasteiger charge is 2.27. The Bertz CT molecular complexity index is 310. The van der Waals surface area contributed by atoms with E-state index in [0.717, 1.165) is 11.5 Å². The van der Waals surface area contributed by atoms with E-state index in [0.29, 0.717) is 12.6 Å². The molecule has 1 heterocycles. The van der Waals surface area contributed by atoms with Crippen LogP contribution in [-0.4, -0.2) is 11.0 Å². The summed E-state index contributed by atoms with van der Waals surface area (Å²) in [5, 5.41) is 3.38. The predicted molar refractivity (Wildman–Crippen MR) is 53.2 cm³/mol. The first-order valence-electron chi connectivity index (χ1n) is 5.08. The molecule has 0 aliphatic heterocycles. The van der Waals surface area contributed by atoms with Crippen LogP contribution in [0.1, 0.15) is 25.3 Å². The Balaban J connectivity index is 1.84. The van der Waals surface area contributed by atoms with Crippen molar-refractivity contribution in [2.24, 2.45) is 5.92 Å². The Hall–Kier alpha value is -0.960. The van der Waals surface area contributed by atoms with Gasteiger partial charge in [-0.25, -0.2) is 4.39 Å². The molecule has 1 saturated carbocycles. The maximum absolute atomic E-state index is 12.8. The third-order valence-electron chi connectivity index (χ3n) is 2.72. The van der Waals surface area contributed by atoms with Gasteiger partial charge in [-0.1, -0.05) is 0 Å². The third kappa shape index (κ3) is 2.51. The third-order valence-corrected chi connectivity index (χ3v) is 2.72. The van der Waals surface area contributed by atoms with E-state index in [-0.39, 0.29) is 5.82 Å². The quantitative estimate of drug-likeness (QED) is 0.794. The van der Waals surface area contributed by atoms with E-state index < -0.39 is 0 Å². The first-order chi connectivity index (χ1) is 6.75. The van der Waals surface area contributed by atoms with E-state index >= 15 is 0 Å². The molecule has 1 atom stereocenters. The molecule has 1 aromatic rings. The normalized spacial score (nSPS) is 18.1. The Morgan fingerprint density at radius 1 is 1.57 bits per heavy atom. The van der Waals surface area contributed by atoms with Crippen molar-refractivity contribution in [3.8, 4) is 0 Å². The lowest BCUT2D eigenvalue weighted by molar-refractivity contribution is 0.494. The second-order valence-corrected chi connectivity index (χ2v) is 4.02. The molecule has 14 heavy (non-hydrogen) atoms. The Labute approximate surface area is 83.6 Å². The van der Waals surface area contributed by atoms with Crippen molar-refractivity contribution >= 4 is 0 Å². The highest BCUT2D eigenvalue weighted by atomic mass is 19.1. The molecule has 1 aliphatic rings. The molecule has 3 heteroatoms. The molecule has 1 aliphatic carbocycles. The van der Waals surface area contributed by atoms with Crippen molar-refractivity contribution in [3.05, 3.63) is 29.8 Å². The first-order valence-corrected chi connectivity index (χ1v) is 5.08. The second kappa shape index (κ2) is 4.05. The summed E-state index contributed by atoms with van der Waals surface area (Å²) in [5.74, 6) is 0.569. The van der Waals surface area contributed by atoms with Crippen LogP contribution in [-0.2, 0) is 6.54 Å². The van der Waals surface area contributed by atoms with Crippen molar-refractivity contribution < 1.29 is 4.39 Å². The molecule has 0 radical (unpaired) electrons. The number of halogens is 1. The first kappa shape index (κ1) is 9.59. The Kier molecular flexibility index (Phi) is 2.77. The van der Waals surface area contributed by atoms with Crippen LogP contribution < -0.4 is 5.32 Å². The molecule has 0 bridgehead atoms. The van der Waals surface area contributed by atoms with Crippen LogP contribution >= 0.6 is 0 Å². The smallest absolute Gasteiger partial charge is 0.141 e. The van der Waals surface area contributed by atoms with Crippen molar-refractivity contribution in [3.63, 3.8) is 0 Å². The molecule has 2 nitrogen and oxygen atoms in total. The second-order valence-electron chi connectivity index (χ2n) is 4.02. The van der Waals surface area contributed by atoms with Gasteiger partial charge in [0.1, 0.15) is 5.82 Å². The van der Waals surface area contributed by atoms with Crippen molar-refractivity contribution in [1.82, 2.24) is 10.3 Å². The van der Waals surface area contributed by atoms with Gasteiger partial charge >= 0.3 is 0 Å². The molecule has 0 aromatic carbocycles. The summed E-state index contributed by atoms with van der Waals surface area (Å²) in [6.07, 6.45) is 5.59. The number of hydrogen-bond acceptors (Lipinski definition) is 2. The topological polar surface area (TPSA) is 24.9 Å². The van der Waals surface area contributed by atoms with Gasteiger partial charge in [0.05, 0.1) is 6.20 Å². The minimum absolute atomic E-state index is 0.261. The molecule has 2 rings (SSSR count). The average Bonchev–Trinajstić information content (AvgIpc) is 2.97. The van der Waals surface area contributed by atoms with Gasteiger partial charge in [0.25, 0.3) is 0 Å². The van der Waals surface area contributed by atoms with Gasteiger partial charge in [-0.2, -0.15) is 0 Å². The van der Waals surface area contributed by atoms with Crippen LogP contribution in [0.15, 0.2) is 18.5 Å². The number of pyridine rings is 1. The van der Waals surface area contributed by atoms with Crippen LogP contribution in [0.2, 0.25) is 0 Å². The number of rotatable bonds is 4. The lowest BCUT2D eigenvalue weighted by Gasteiger charge is -2.12. The van der Waals surface area contributed by atoms with Gasteiger partial charge in [-0.15, -0.1) is 0 Å². The van der Waals surface area contributed by atoms with Crippen LogP contribution in [0.25, 0.3) is 0 Å². The number of nitrogens with zero attached hydrogens (tertiary/aromatic N) is 1. The highest BCUT2D eigenvalue weighted by molar-refractivity contribution is 5.09. The van der Waals surface area contributed by atoms with Gasteiger partial charge in [-0.05, 0) is 37.3 Å². The van der Waals surface area contributed by atoms with Crippen molar-refractivity contribution in [2.45, 2.75) is 32.4 Å². The van der Waals surface area contributed by atoms with Gasteiger partial charge in [0.2, 0.25) is 0 Å². The lowest BCUT2D eigenvalue weighted by atomic mass is 10.2. The molecule has 1 aromatic heterocycles. The zero-order valence-corrected chi connectivity index (χ0v) is 8.33. The maximum Gasteiger partial charge on any atom is 0.141 e. The molecule has 1 N–H and O–H groups in total. The summed E-state index contributed by atoms with van der Waals surface area (Å²) in [6.45, 7) is 2.90. The summed E-state index contributed by atoms with van der Waals surface area (Å²) in [7, 11) is 0. The SMILES string of the molecule is CC(NCc1cncc(F)c1)C1CC1. The zero-order valence-electron chi connectivity index (χ0n) is 8.33. The number of aromatic nitrogens is 1. The highest BCUT2D eigenvalue weighted by Crippen LogP contribution is 2.32. The average molecular weight is 194 g/mol. The summed E-state index contributed by atoms with van der Waals surface area (Å²) in [6, 6.07) is 2.07. The Morgan fingerprint density at radius 3 is 3.00 bits per heavy atom. The standard InChI is InChI=1S/C11H15FN2/c1-8(10-2-3-10)14-6-9-4-11(12)7-13-5-9/h4-5,7-8,10,14H,2-3,6H2,1H3. The van der Waals surface area contributed by atoms with Gasteiger partial charge in [0.15, 0.2) is 0 Å². The summed E-state index contributed by atoms with van der Waals surface area (Å²) < 4.78 is 12.8. The summed E-state index contributed by atoms with van der Waals surface area (Å²) in [4.78, 5) is 3.81. The zero-order chi connectivity index (χ0) is 9.97. The number of hydrogen-bond donors (Lipinski definition) is 1. The lowest BCUT2D eigenvalue weighted by Crippen LogP contribution is -2.27. The van der Waals surface area contributed by atoms with Gasteiger partial charge in [-0.3, -0.25) is 4.98 Å². The largest absolute Gasteiger partial charge is 0.310 e. The monoisotopic (exact) mass is 194 g/mol. The van der Waals surface area contributed by atoms with Crippen LogP contribution in [0.3, 0.4) is 0 Å². The summed E-state index contributed by atoms with van der Waals surface area (Å²) in [5.41, 5.74) is 0.914. The Morgan fingerprint density at radius 2 is 2.36 bits per heavy atom. The molecular formula is C11H15FN2. The van der Waals surface area contributed by atoms with Gasteiger partial charge < -0.3 is 5.32 Å². The minimum Gasteiger partial charge on any atom is -0.310 e. The van der Waals surface area contributed by atoms with E-state index in [1.54, 1.807) is 6.20 Å². The van der Waals surface area contributed by atoms with E-state index in [2.05, 4.69) is 17.2 Å². The molecule has 76 valence electrons. The van der Waals surface area contributed by atoms with E-state index in [1.807, 2.05) is 0 Å².